The van der Waals surface area contributed by atoms with Crippen molar-refractivity contribution in [1.29, 1.82) is 0 Å². The summed E-state index contributed by atoms with van der Waals surface area (Å²) in [6.07, 6.45) is 0. The van der Waals surface area contributed by atoms with Crippen LogP contribution in [0.15, 0.2) is 53.1 Å². The molecule has 21 heavy (non-hydrogen) atoms. The van der Waals surface area contributed by atoms with Gasteiger partial charge in [0.2, 0.25) is 5.82 Å². The highest BCUT2D eigenvalue weighted by Gasteiger charge is 2.09. The molecule has 0 atom stereocenters. The van der Waals surface area contributed by atoms with Gasteiger partial charge >= 0.3 is 0 Å². The Morgan fingerprint density at radius 2 is 1.95 bits per heavy atom. The van der Waals surface area contributed by atoms with Gasteiger partial charge in [-0.3, -0.25) is 0 Å². The van der Waals surface area contributed by atoms with Gasteiger partial charge in [-0.15, -0.1) is 0 Å². The van der Waals surface area contributed by atoms with E-state index in [1.807, 2.05) is 0 Å². The highest BCUT2D eigenvalue weighted by molar-refractivity contribution is 6.30. The standard InChI is InChI=1S/C15H10ClFN2O2/c16-11-2-1-3-13(8-11)20-9-14-18-15(19-21-14)10-4-6-12(17)7-5-10/h1-8H,9H2. The second-order valence-electron chi connectivity index (χ2n) is 4.26. The maximum absolute atomic E-state index is 12.9. The molecule has 0 saturated carbocycles. The maximum atomic E-state index is 12.9. The number of hydrogen-bond acceptors (Lipinski definition) is 4. The van der Waals surface area contributed by atoms with E-state index in [0.717, 1.165) is 0 Å². The molecule has 0 radical (unpaired) electrons. The highest BCUT2D eigenvalue weighted by atomic mass is 35.5. The van der Waals surface area contributed by atoms with Gasteiger partial charge in [0, 0.05) is 10.6 Å². The lowest BCUT2D eigenvalue weighted by Crippen LogP contribution is -1.95. The van der Waals surface area contributed by atoms with Gasteiger partial charge in [-0.25, -0.2) is 4.39 Å². The first-order valence-corrected chi connectivity index (χ1v) is 6.55. The van der Waals surface area contributed by atoms with Crippen molar-refractivity contribution in [1.82, 2.24) is 10.1 Å². The molecular weight excluding hydrogens is 295 g/mol. The number of aromatic nitrogens is 2. The smallest absolute Gasteiger partial charge is 0.264 e. The largest absolute Gasteiger partial charge is 0.484 e. The number of halogens is 2. The number of rotatable bonds is 4. The van der Waals surface area contributed by atoms with Crippen LogP contribution >= 0.6 is 11.6 Å². The van der Waals surface area contributed by atoms with Gasteiger partial charge in [-0.1, -0.05) is 22.8 Å². The van der Waals surface area contributed by atoms with Crippen LogP contribution in [-0.2, 0) is 6.61 Å². The van der Waals surface area contributed by atoms with Crippen LogP contribution in [0.4, 0.5) is 4.39 Å². The molecule has 6 heteroatoms. The summed E-state index contributed by atoms with van der Waals surface area (Å²) in [5.41, 5.74) is 0.675. The van der Waals surface area contributed by atoms with E-state index in [1.165, 1.54) is 12.1 Å². The van der Waals surface area contributed by atoms with Gasteiger partial charge < -0.3 is 9.26 Å². The topological polar surface area (TPSA) is 48.2 Å². The van der Waals surface area contributed by atoms with Crippen molar-refractivity contribution >= 4 is 11.6 Å². The number of hydrogen-bond donors (Lipinski definition) is 0. The lowest BCUT2D eigenvalue weighted by atomic mass is 10.2. The first-order chi connectivity index (χ1) is 10.2. The Bertz CT molecular complexity index is 743. The van der Waals surface area contributed by atoms with Crippen molar-refractivity contribution in [3.63, 3.8) is 0 Å². The molecule has 0 saturated heterocycles. The summed E-state index contributed by atoms with van der Waals surface area (Å²) in [7, 11) is 0. The normalized spacial score (nSPS) is 10.6. The quantitative estimate of drug-likeness (QED) is 0.728. The molecule has 0 N–H and O–H groups in total. The first kappa shape index (κ1) is 13.6. The third kappa shape index (κ3) is 3.38. The zero-order chi connectivity index (χ0) is 14.7. The summed E-state index contributed by atoms with van der Waals surface area (Å²) >= 11 is 5.86. The molecule has 106 valence electrons. The average Bonchev–Trinajstić information content (AvgIpc) is 2.95. The van der Waals surface area contributed by atoms with Crippen LogP contribution < -0.4 is 4.74 Å². The third-order valence-electron chi connectivity index (χ3n) is 2.73. The van der Waals surface area contributed by atoms with Crippen molar-refractivity contribution in [2.24, 2.45) is 0 Å². The minimum Gasteiger partial charge on any atom is -0.484 e. The second kappa shape index (κ2) is 5.93. The zero-order valence-corrected chi connectivity index (χ0v) is 11.5. The van der Waals surface area contributed by atoms with E-state index in [4.69, 9.17) is 20.9 Å². The van der Waals surface area contributed by atoms with Crippen LogP contribution in [0.3, 0.4) is 0 Å². The maximum Gasteiger partial charge on any atom is 0.264 e. The molecule has 0 bridgehead atoms. The molecule has 1 heterocycles. The third-order valence-corrected chi connectivity index (χ3v) is 2.96. The Hall–Kier alpha value is -2.40. The first-order valence-electron chi connectivity index (χ1n) is 6.17. The van der Waals surface area contributed by atoms with Crippen LogP contribution in [0.2, 0.25) is 5.02 Å². The molecular formula is C15H10ClFN2O2. The fourth-order valence-corrected chi connectivity index (χ4v) is 1.91. The number of ether oxygens (including phenoxy) is 1. The van der Waals surface area contributed by atoms with E-state index < -0.39 is 0 Å². The van der Waals surface area contributed by atoms with E-state index >= 15 is 0 Å². The van der Waals surface area contributed by atoms with Crippen molar-refractivity contribution in [3.8, 4) is 17.1 Å². The molecule has 0 spiro atoms. The summed E-state index contributed by atoms with van der Waals surface area (Å²) in [5, 5.41) is 4.42. The fraction of sp³-hybridized carbons (Fsp3) is 0.0667. The van der Waals surface area contributed by atoms with E-state index in [1.54, 1.807) is 36.4 Å². The van der Waals surface area contributed by atoms with Gasteiger partial charge in [-0.2, -0.15) is 4.98 Å². The average molecular weight is 305 g/mol. The SMILES string of the molecule is Fc1ccc(-c2noc(COc3cccc(Cl)c3)n2)cc1. The predicted octanol–water partition coefficient (Wildman–Crippen LogP) is 4.11. The van der Waals surface area contributed by atoms with Crippen LogP contribution in [-0.4, -0.2) is 10.1 Å². The van der Waals surface area contributed by atoms with Crippen LogP contribution in [0.25, 0.3) is 11.4 Å². The van der Waals surface area contributed by atoms with E-state index in [9.17, 15) is 4.39 Å². The molecule has 4 nitrogen and oxygen atoms in total. The summed E-state index contributed by atoms with van der Waals surface area (Å²) < 4.78 is 23.4. The predicted molar refractivity (Wildman–Crippen MR) is 75.5 cm³/mol. The number of nitrogens with zero attached hydrogens (tertiary/aromatic N) is 2. The van der Waals surface area contributed by atoms with Crippen molar-refractivity contribution < 1.29 is 13.7 Å². The molecule has 1 aromatic heterocycles. The van der Waals surface area contributed by atoms with E-state index in [2.05, 4.69) is 10.1 Å². The van der Waals surface area contributed by atoms with Gasteiger partial charge in [0.15, 0.2) is 6.61 Å². The number of benzene rings is 2. The minimum absolute atomic E-state index is 0.133. The Morgan fingerprint density at radius 3 is 2.71 bits per heavy atom. The zero-order valence-electron chi connectivity index (χ0n) is 10.8. The Balaban J connectivity index is 1.69. The van der Waals surface area contributed by atoms with E-state index in [0.29, 0.717) is 28.1 Å². The molecule has 2 aromatic carbocycles. The van der Waals surface area contributed by atoms with Crippen molar-refractivity contribution in [3.05, 3.63) is 65.3 Å². The molecule has 0 unspecified atom stereocenters. The van der Waals surface area contributed by atoms with Crippen molar-refractivity contribution in [2.45, 2.75) is 6.61 Å². The van der Waals surface area contributed by atoms with E-state index in [-0.39, 0.29) is 12.4 Å². The molecule has 3 aromatic rings. The highest BCUT2D eigenvalue weighted by Crippen LogP contribution is 2.19. The molecule has 0 aliphatic heterocycles. The molecule has 3 rings (SSSR count). The molecule has 0 aliphatic carbocycles. The summed E-state index contributed by atoms with van der Waals surface area (Å²) in [5.74, 6) is 1.02. The van der Waals surface area contributed by atoms with Crippen LogP contribution in [0.1, 0.15) is 5.89 Å². The summed E-state index contributed by atoms with van der Waals surface area (Å²) in [6, 6.07) is 12.9. The fourth-order valence-electron chi connectivity index (χ4n) is 1.73. The van der Waals surface area contributed by atoms with Gasteiger partial charge in [-0.05, 0) is 42.5 Å². The lowest BCUT2D eigenvalue weighted by Gasteiger charge is -2.02. The molecule has 0 fully saturated rings. The Kier molecular flexibility index (Phi) is 3.83. The molecule has 0 aliphatic rings. The monoisotopic (exact) mass is 304 g/mol. The molecule has 0 amide bonds. The van der Waals surface area contributed by atoms with Gasteiger partial charge in [0.25, 0.3) is 5.89 Å². The van der Waals surface area contributed by atoms with Crippen LogP contribution in [0, 0.1) is 5.82 Å². The lowest BCUT2D eigenvalue weighted by molar-refractivity contribution is 0.243. The second-order valence-corrected chi connectivity index (χ2v) is 4.70. The van der Waals surface area contributed by atoms with Gasteiger partial charge in [0.05, 0.1) is 0 Å². The van der Waals surface area contributed by atoms with Crippen LogP contribution in [0.5, 0.6) is 5.75 Å². The summed E-state index contributed by atoms with van der Waals surface area (Å²) in [4.78, 5) is 4.19. The Labute approximate surface area is 125 Å². The Morgan fingerprint density at radius 1 is 1.14 bits per heavy atom. The minimum atomic E-state index is -0.313. The van der Waals surface area contributed by atoms with Crippen molar-refractivity contribution in [2.75, 3.05) is 0 Å². The van der Waals surface area contributed by atoms with Gasteiger partial charge in [0.1, 0.15) is 11.6 Å². The summed E-state index contributed by atoms with van der Waals surface area (Å²) in [6.45, 7) is 0.133.